The van der Waals surface area contributed by atoms with Crippen molar-refractivity contribution in [1.29, 1.82) is 0 Å². The summed E-state index contributed by atoms with van der Waals surface area (Å²) in [5, 5.41) is 2.29. The second-order valence-corrected chi connectivity index (χ2v) is 5.11. The summed E-state index contributed by atoms with van der Waals surface area (Å²) in [7, 11) is 1.57. The van der Waals surface area contributed by atoms with E-state index in [4.69, 9.17) is 9.47 Å². The van der Waals surface area contributed by atoms with E-state index in [1.165, 1.54) is 0 Å². The van der Waals surface area contributed by atoms with Gasteiger partial charge in [-0.1, -0.05) is 12.8 Å². The standard InChI is InChI=1S/C13H20N2O5/c1-19-8-9-20-7-6-15-11(17)13(4-2-3-5-13)10(16)14-12(15)18/h2-9H2,1H3,(H,14,16,18). The number of hydrogen-bond acceptors (Lipinski definition) is 5. The summed E-state index contributed by atoms with van der Waals surface area (Å²) in [6.45, 7) is 1.27. The van der Waals surface area contributed by atoms with Crippen LogP contribution in [0, 0.1) is 5.41 Å². The topological polar surface area (TPSA) is 84.9 Å². The predicted molar refractivity (Wildman–Crippen MR) is 68.8 cm³/mol. The molecule has 112 valence electrons. The third-order valence-corrected chi connectivity index (χ3v) is 3.90. The van der Waals surface area contributed by atoms with Gasteiger partial charge in [-0.2, -0.15) is 0 Å². The number of methoxy groups -OCH3 is 1. The molecule has 4 amide bonds. The molecular formula is C13H20N2O5. The van der Waals surface area contributed by atoms with Crippen LogP contribution in [0.2, 0.25) is 0 Å². The Morgan fingerprint density at radius 2 is 1.85 bits per heavy atom. The Bertz CT molecular complexity index is 404. The lowest BCUT2D eigenvalue weighted by Crippen LogP contribution is -2.63. The molecule has 2 rings (SSSR count). The van der Waals surface area contributed by atoms with Crippen molar-refractivity contribution < 1.29 is 23.9 Å². The minimum absolute atomic E-state index is 0.156. The Balaban J connectivity index is 1.95. The van der Waals surface area contributed by atoms with Gasteiger partial charge in [-0.15, -0.1) is 0 Å². The molecule has 20 heavy (non-hydrogen) atoms. The Morgan fingerprint density at radius 3 is 2.50 bits per heavy atom. The zero-order chi connectivity index (χ0) is 14.6. The van der Waals surface area contributed by atoms with Crippen molar-refractivity contribution in [1.82, 2.24) is 10.2 Å². The normalized spacial score (nSPS) is 21.6. The van der Waals surface area contributed by atoms with Crippen LogP contribution in [0.25, 0.3) is 0 Å². The summed E-state index contributed by atoms with van der Waals surface area (Å²) < 4.78 is 10.1. The Hall–Kier alpha value is -1.47. The van der Waals surface area contributed by atoms with Gasteiger partial charge in [-0.05, 0) is 12.8 Å². The van der Waals surface area contributed by atoms with Gasteiger partial charge in [0.25, 0.3) is 0 Å². The third-order valence-electron chi connectivity index (χ3n) is 3.90. The molecule has 7 heteroatoms. The highest BCUT2D eigenvalue weighted by molar-refractivity contribution is 6.19. The number of carbonyl (C=O) groups is 3. The van der Waals surface area contributed by atoms with Gasteiger partial charge >= 0.3 is 6.03 Å². The van der Waals surface area contributed by atoms with Crippen LogP contribution in [0.3, 0.4) is 0 Å². The van der Waals surface area contributed by atoms with E-state index in [0.717, 1.165) is 17.7 Å². The fourth-order valence-corrected chi connectivity index (χ4v) is 2.75. The lowest BCUT2D eigenvalue weighted by atomic mass is 9.82. The number of imide groups is 2. The maximum atomic E-state index is 12.5. The molecule has 0 unspecified atom stereocenters. The molecule has 1 aliphatic heterocycles. The molecule has 0 aromatic carbocycles. The Kier molecular flexibility index (Phi) is 4.72. The lowest BCUT2D eigenvalue weighted by Gasteiger charge is -2.36. The molecule has 1 N–H and O–H groups in total. The van der Waals surface area contributed by atoms with Crippen molar-refractivity contribution in [3.63, 3.8) is 0 Å². The average molecular weight is 284 g/mol. The molecule has 1 saturated heterocycles. The first kappa shape index (κ1) is 14.9. The SMILES string of the molecule is COCCOCCN1C(=O)NC(=O)C2(CCCC2)C1=O. The highest BCUT2D eigenvalue weighted by Gasteiger charge is 2.54. The van der Waals surface area contributed by atoms with Crippen LogP contribution in [-0.4, -0.2) is 56.2 Å². The average Bonchev–Trinajstić information content (AvgIpc) is 2.91. The van der Waals surface area contributed by atoms with E-state index in [1.807, 2.05) is 0 Å². The molecule has 7 nitrogen and oxygen atoms in total. The van der Waals surface area contributed by atoms with Gasteiger partial charge in [0.2, 0.25) is 11.8 Å². The maximum absolute atomic E-state index is 12.5. The second-order valence-electron chi connectivity index (χ2n) is 5.11. The van der Waals surface area contributed by atoms with Gasteiger partial charge in [-0.25, -0.2) is 4.79 Å². The number of hydrogen-bond donors (Lipinski definition) is 1. The Labute approximate surface area is 117 Å². The first-order chi connectivity index (χ1) is 9.62. The number of rotatable bonds is 6. The fraction of sp³-hybridized carbons (Fsp3) is 0.769. The molecule has 1 spiro atoms. The first-order valence-electron chi connectivity index (χ1n) is 6.86. The number of nitrogens with zero attached hydrogens (tertiary/aromatic N) is 1. The number of nitrogens with one attached hydrogen (secondary N) is 1. The van der Waals surface area contributed by atoms with Crippen molar-refractivity contribution in [2.75, 3.05) is 33.5 Å². The van der Waals surface area contributed by atoms with Crippen LogP contribution in [-0.2, 0) is 19.1 Å². The van der Waals surface area contributed by atoms with Crippen molar-refractivity contribution in [2.45, 2.75) is 25.7 Å². The lowest BCUT2D eigenvalue weighted by molar-refractivity contribution is -0.151. The summed E-state index contributed by atoms with van der Waals surface area (Å²) in [5.74, 6) is -0.819. The first-order valence-corrected chi connectivity index (χ1v) is 6.86. The van der Waals surface area contributed by atoms with Crippen LogP contribution < -0.4 is 5.32 Å². The molecule has 1 heterocycles. The molecular weight excluding hydrogens is 264 g/mol. The predicted octanol–water partition coefficient (Wildman–Crippen LogP) is 0.288. The summed E-state index contributed by atoms with van der Waals surface area (Å²) in [4.78, 5) is 37.3. The summed E-state index contributed by atoms with van der Waals surface area (Å²) >= 11 is 0. The number of carbonyl (C=O) groups excluding carboxylic acids is 3. The summed E-state index contributed by atoms with van der Waals surface area (Å²) in [6.07, 6.45) is 2.72. The number of urea groups is 1. The summed E-state index contributed by atoms with van der Waals surface area (Å²) in [5.41, 5.74) is -1.03. The maximum Gasteiger partial charge on any atom is 0.330 e. The van der Waals surface area contributed by atoms with Gasteiger partial charge in [0.05, 0.1) is 26.4 Å². The highest BCUT2D eigenvalue weighted by Crippen LogP contribution is 2.41. The molecule has 2 fully saturated rings. The van der Waals surface area contributed by atoms with E-state index in [-0.39, 0.29) is 19.1 Å². The van der Waals surface area contributed by atoms with Crippen molar-refractivity contribution in [3.8, 4) is 0 Å². The number of ether oxygens (including phenoxy) is 2. The zero-order valence-electron chi connectivity index (χ0n) is 11.6. The van der Waals surface area contributed by atoms with E-state index in [2.05, 4.69) is 5.32 Å². The quantitative estimate of drug-likeness (QED) is 0.559. The van der Waals surface area contributed by atoms with Gasteiger partial charge in [0, 0.05) is 7.11 Å². The van der Waals surface area contributed by atoms with Gasteiger partial charge < -0.3 is 9.47 Å². The van der Waals surface area contributed by atoms with Gasteiger partial charge in [-0.3, -0.25) is 19.8 Å². The molecule has 1 saturated carbocycles. The molecule has 2 aliphatic rings. The minimum Gasteiger partial charge on any atom is -0.382 e. The smallest absolute Gasteiger partial charge is 0.330 e. The zero-order valence-corrected chi connectivity index (χ0v) is 11.6. The van der Waals surface area contributed by atoms with Gasteiger partial charge in [0.1, 0.15) is 5.41 Å². The van der Waals surface area contributed by atoms with Crippen LogP contribution in [0.4, 0.5) is 4.79 Å². The van der Waals surface area contributed by atoms with Crippen molar-refractivity contribution >= 4 is 17.8 Å². The van der Waals surface area contributed by atoms with Crippen molar-refractivity contribution in [3.05, 3.63) is 0 Å². The van der Waals surface area contributed by atoms with E-state index in [1.54, 1.807) is 7.11 Å². The molecule has 0 radical (unpaired) electrons. The number of amides is 4. The largest absolute Gasteiger partial charge is 0.382 e. The van der Waals surface area contributed by atoms with E-state index >= 15 is 0 Å². The number of barbiturate groups is 1. The molecule has 1 aliphatic carbocycles. The molecule has 0 aromatic rings. The van der Waals surface area contributed by atoms with Crippen LogP contribution in [0.5, 0.6) is 0 Å². The molecule has 0 atom stereocenters. The second kappa shape index (κ2) is 6.32. The fourth-order valence-electron chi connectivity index (χ4n) is 2.75. The highest BCUT2D eigenvalue weighted by atomic mass is 16.5. The monoisotopic (exact) mass is 284 g/mol. The van der Waals surface area contributed by atoms with Crippen LogP contribution in [0.1, 0.15) is 25.7 Å². The summed E-state index contributed by atoms with van der Waals surface area (Å²) in [6, 6.07) is -0.645. The minimum atomic E-state index is -1.03. The molecule has 0 bridgehead atoms. The Morgan fingerprint density at radius 1 is 1.15 bits per heavy atom. The van der Waals surface area contributed by atoms with E-state index < -0.39 is 17.4 Å². The van der Waals surface area contributed by atoms with E-state index in [9.17, 15) is 14.4 Å². The van der Waals surface area contributed by atoms with Crippen molar-refractivity contribution in [2.24, 2.45) is 5.41 Å². The van der Waals surface area contributed by atoms with E-state index in [0.29, 0.717) is 26.1 Å². The molecule has 0 aromatic heterocycles. The van der Waals surface area contributed by atoms with Gasteiger partial charge in [0.15, 0.2) is 0 Å². The van der Waals surface area contributed by atoms with Crippen LogP contribution >= 0.6 is 0 Å². The third kappa shape index (κ3) is 2.69. The van der Waals surface area contributed by atoms with Crippen LogP contribution in [0.15, 0.2) is 0 Å².